The summed E-state index contributed by atoms with van der Waals surface area (Å²) in [4.78, 5) is 24.0. The van der Waals surface area contributed by atoms with Crippen molar-refractivity contribution in [2.45, 2.75) is 12.3 Å². The van der Waals surface area contributed by atoms with E-state index in [2.05, 4.69) is 0 Å². The molecule has 0 bridgehead atoms. The van der Waals surface area contributed by atoms with Gasteiger partial charge in [-0.05, 0) is 17.5 Å². The predicted molar refractivity (Wildman–Crippen MR) is 78.8 cm³/mol. The van der Waals surface area contributed by atoms with E-state index in [9.17, 15) is 9.59 Å². The molecule has 2 atom stereocenters. The molecule has 1 aliphatic heterocycles. The molecule has 0 saturated carbocycles. The number of Topliss-reactive ketones (excluding diaryl/α,β-unsaturated/α-hetero) is 1. The molecular formula is C18H16O3. The van der Waals surface area contributed by atoms with Gasteiger partial charge in [0.25, 0.3) is 0 Å². The van der Waals surface area contributed by atoms with Gasteiger partial charge in [0.2, 0.25) is 0 Å². The normalized spacial score (nSPS) is 19.3. The van der Waals surface area contributed by atoms with E-state index in [0.717, 1.165) is 11.1 Å². The Morgan fingerprint density at radius 3 is 2.14 bits per heavy atom. The molecule has 3 nitrogen and oxygen atoms in total. The van der Waals surface area contributed by atoms with Crippen LogP contribution in [0.3, 0.4) is 0 Å². The maximum Gasteiger partial charge on any atom is 0.317 e. The Balaban J connectivity index is 1.95. The molecule has 106 valence electrons. The molecule has 2 aromatic rings. The van der Waals surface area contributed by atoms with Gasteiger partial charge in [0.15, 0.2) is 12.4 Å². The summed E-state index contributed by atoms with van der Waals surface area (Å²) in [5, 5.41) is 0. The summed E-state index contributed by atoms with van der Waals surface area (Å²) in [5.41, 5.74) is 2.11. The Bertz CT molecular complexity index is 618. The van der Waals surface area contributed by atoms with E-state index in [-0.39, 0.29) is 18.3 Å². The monoisotopic (exact) mass is 280 g/mol. The SMILES string of the molecule is O=C1COC(=O)C1C(Cc1ccccc1)c1ccccc1. The molecule has 3 heteroatoms. The lowest BCUT2D eigenvalue weighted by Gasteiger charge is -2.20. The van der Waals surface area contributed by atoms with Gasteiger partial charge in [0.05, 0.1) is 0 Å². The number of esters is 1. The zero-order valence-electron chi connectivity index (χ0n) is 11.6. The largest absolute Gasteiger partial charge is 0.457 e. The van der Waals surface area contributed by atoms with E-state index in [0.29, 0.717) is 6.42 Å². The van der Waals surface area contributed by atoms with Gasteiger partial charge in [-0.15, -0.1) is 0 Å². The van der Waals surface area contributed by atoms with Crippen molar-refractivity contribution in [1.82, 2.24) is 0 Å². The molecule has 3 rings (SSSR count). The van der Waals surface area contributed by atoms with Crippen molar-refractivity contribution in [2.24, 2.45) is 5.92 Å². The number of rotatable bonds is 4. The molecule has 0 aromatic heterocycles. The molecular weight excluding hydrogens is 264 g/mol. The van der Waals surface area contributed by atoms with Crippen LogP contribution in [0.5, 0.6) is 0 Å². The minimum atomic E-state index is -0.687. The van der Waals surface area contributed by atoms with Crippen LogP contribution in [0.25, 0.3) is 0 Å². The highest BCUT2D eigenvalue weighted by molar-refractivity contribution is 6.05. The quantitative estimate of drug-likeness (QED) is 0.639. The predicted octanol–water partition coefficient (Wildman–Crippen LogP) is 2.76. The van der Waals surface area contributed by atoms with Gasteiger partial charge in [-0.2, -0.15) is 0 Å². The lowest BCUT2D eigenvalue weighted by Crippen LogP contribution is -2.25. The minimum absolute atomic E-state index is 0.0956. The van der Waals surface area contributed by atoms with Gasteiger partial charge in [-0.3, -0.25) is 9.59 Å². The highest BCUT2D eigenvalue weighted by Gasteiger charge is 2.41. The van der Waals surface area contributed by atoms with Crippen LogP contribution < -0.4 is 0 Å². The number of carbonyl (C=O) groups excluding carboxylic acids is 2. The molecule has 1 aliphatic rings. The van der Waals surface area contributed by atoms with Crippen molar-refractivity contribution in [3.63, 3.8) is 0 Å². The van der Waals surface area contributed by atoms with Crippen molar-refractivity contribution < 1.29 is 14.3 Å². The van der Waals surface area contributed by atoms with E-state index in [4.69, 9.17) is 4.74 Å². The number of hydrogen-bond donors (Lipinski definition) is 0. The average molecular weight is 280 g/mol. The van der Waals surface area contributed by atoms with Crippen LogP contribution in [0.1, 0.15) is 17.0 Å². The first-order valence-corrected chi connectivity index (χ1v) is 7.04. The highest BCUT2D eigenvalue weighted by atomic mass is 16.5. The van der Waals surface area contributed by atoms with Crippen LogP contribution in [0.15, 0.2) is 60.7 Å². The van der Waals surface area contributed by atoms with Crippen LogP contribution in [-0.2, 0) is 20.7 Å². The van der Waals surface area contributed by atoms with E-state index < -0.39 is 11.9 Å². The second-order valence-corrected chi connectivity index (χ2v) is 5.26. The highest BCUT2D eigenvalue weighted by Crippen LogP contribution is 2.33. The summed E-state index contributed by atoms with van der Waals surface area (Å²) in [5.74, 6) is -1.38. The summed E-state index contributed by atoms with van der Waals surface area (Å²) in [6.45, 7) is -0.0956. The van der Waals surface area contributed by atoms with Crippen LogP contribution >= 0.6 is 0 Å². The van der Waals surface area contributed by atoms with Crippen LogP contribution in [0.4, 0.5) is 0 Å². The van der Waals surface area contributed by atoms with Crippen molar-refractivity contribution in [3.8, 4) is 0 Å². The third kappa shape index (κ3) is 2.87. The zero-order valence-corrected chi connectivity index (χ0v) is 11.6. The van der Waals surface area contributed by atoms with E-state index >= 15 is 0 Å². The van der Waals surface area contributed by atoms with Crippen molar-refractivity contribution in [2.75, 3.05) is 6.61 Å². The summed E-state index contributed by atoms with van der Waals surface area (Å²) in [7, 11) is 0. The van der Waals surface area contributed by atoms with Crippen molar-refractivity contribution >= 4 is 11.8 Å². The van der Waals surface area contributed by atoms with Crippen LogP contribution in [-0.4, -0.2) is 18.4 Å². The molecule has 0 spiro atoms. The van der Waals surface area contributed by atoms with Crippen LogP contribution in [0.2, 0.25) is 0 Å². The average Bonchev–Trinajstić information content (AvgIpc) is 2.86. The molecule has 1 saturated heterocycles. The molecule has 0 radical (unpaired) electrons. The fraction of sp³-hybridized carbons (Fsp3) is 0.222. The molecule has 0 aliphatic carbocycles. The fourth-order valence-electron chi connectivity index (χ4n) is 2.84. The van der Waals surface area contributed by atoms with Crippen molar-refractivity contribution in [3.05, 3.63) is 71.8 Å². The molecule has 2 unspecified atom stereocenters. The zero-order chi connectivity index (χ0) is 14.7. The molecule has 2 aromatic carbocycles. The molecule has 0 amide bonds. The van der Waals surface area contributed by atoms with Gasteiger partial charge in [-0.25, -0.2) is 0 Å². The maximum absolute atomic E-state index is 12.0. The number of hydrogen-bond acceptors (Lipinski definition) is 3. The van der Waals surface area contributed by atoms with Gasteiger partial charge < -0.3 is 4.74 Å². The van der Waals surface area contributed by atoms with Crippen LogP contribution in [0, 0.1) is 5.92 Å². The Labute approximate surface area is 123 Å². The second-order valence-electron chi connectivity index (χ2n) is 5.26. The smallest absolute Gasteiger partial charge is 0.317 e. The number of ketones is 1. The Hall–Kier alpha value is -2.42. The first kappa shape index (κ1) is 13.6. The van der Waals surface area contributed by atoms with Gasteiger partial charge in [-0.1, -0.05) is 60.7 Å². The van der Waals surface area contributed by atoms with E-state index in [1.807, 2.05) is 60.7 Å². The number of ether oxygens (including phenoxy) is 1. The summed E-state index contributed by atoms with van der Waals surface area (Å²) < 4.78 is 4.93. The Morgan fingerprint density at radius 1 is 0.952 bits per heavy atom. The molecule has 21 heavy (non-hydrogen) atoms. The molecule has 1 heterocycles. The van der Waals surface area contributed by atoms with Crippen molar-refractivity contribution in [1.29, 1.82) is 0 Å². The van der Waals surface area contributed by atoms with E-state index in [1.165, 1.54) is 0 Å². The second kappa shape index (κ2) is 5.92. The van der Waals surface area contributed by atoms with Gasteiger partial charge in [0, 0.05) is 5.92 Å². The summed E-state index contributed by atoms with van der Waals surface area (Å²) in [6, 6.07) is 19.6. The summed E-state index contributed by atoms with van der Waals surface area (Å²) in [6.07, 6.45) is 0.649. The standard InChI is InChI=1S/C18H16O3/c19-16-12-21-18(20)17(16)15(14-9-5-2-6-10-14)11-13-7-3-1-4-8-13/h1-10,15,17H,11-12H2. The van der Waals surface area contributed by atoms with Gasteiger partial charge in [0.1, 0.15) is 5.92 Å². The molecule has 0 N–H and O–H groups in total. The third-order valence-electron chi connectivity index (χ3n) is 3.89. The lowest BCUT2D eigenvalue weighted by atomic mass is 9.80. The first-order valence-electron chi connectivity index (χ1n) is 7.04. The minimum Gasteiger partial charge on any atom is -0.457 e. The lowest BCUT2D eigenvalue weighted by molar-refractivity contribution is -0.141. The van der Waals surface area contributed by atoms with Gasteiger partial charge >= 0.3 is 5.97 Å². The fourth-order valence-corrected chi connectivity index (χ4v) is 2.84. The van der Waals surface area contributed by atoms with E-state index in [1.54, 1.807) is 0 Å². The number of cyclic esters (lactones) is 1. The third-order valence-corrected chi connectivity index (χ3v) is 3.89. The topological polar surface area (TPSA) is 43.4 Å². The maximum atomic E-state index is 12.0. The Kier molecular flexibility index (Phi) is 3.82. The first-order chi connectivity index (χ1) is 10.3. The number of carbonyl (C=O) groups is 2. The Morgan fingerprint density at radius 2 is 1.57 bits per heavy atom. The number of benzene rings is 2. The molecule has 1 fully saturated rings. The summed E-state index contributed by atoms with van der Waals surface area (Å²) >= 11 is 0.